The number of fused-ring (bicyclic) bond motifs is 1. The van der Waals surface area contributed by atoms with Gasteiger partial charge in [-0.25, -0.2) is 8.42 Å². The lowest BCUT2D eigenvalue weighted by Gasteiger charge is -2.34. The summed E-state index contributed by atoms with van der Waals surface area (Å²) in [4.78, 5) is 20.8. The number of benzene rings is 1. The molecular weight excluding hydrogens is 396 g/mol. The maximum absolute atomic E-state index is 13.3. The van der Waals surface area contributed by atoms with Gasteiger partial charge in [0.05, 0.1) is 5.52 Å². The number of sulfonamides is 1. The van der Waals surface area contributed by atoms with Crippen molar-refractivity contribution in [2.75, 3.05) is 31.1 Å². The lowest BCUT2D eigenvalue weighted by Crippen LogP contribution is -2.49. The Morgan fingerprint density at radius 2 is 1.86 bits per heavy atom. The molecule has 0 saturated carbocycles. The normalized spacial score (nSPS) is 15.7. The molecule has 3 heterocycles. The SMILES string of the molecule is Cc1cnc2c(S(=O)(=O)N3CCN(c4c([N+](=O)[O-])ncn4C)CC3)cccc2c1. The predicted octanol–water partition coefficient (Wildman–Crippen LogP) is 1.70. The van der Waals surface area contributed by atoms with Crippen LogP contribution in [0.4, 0.5) is 11.6 Å². The number of aryl methyl sites for hydroxylation is 2. The van der Waals surface area contributed by atoms with E-state index in [0.717, 1.165) is 10.9 Å². The molecule has 0 amide bonds. The van der Waals surface area contributed by atoms with Crippen molar-refractivity contribution in [2.45, 2.75) is 11.8 Å². The molecule has 1 saturated heterocycles. The summed E-state index contributed by atoms with van der Waals surface area (Å²) in [6.45, 7) is 3.00. The van der Waals surface area contributed by atoms with Gasteiger partial charge >= 0.3 is 5.82 Å². The van der Waals surface area contributed by atoms with Gasteiger partial charge in [-0.2, -0.15) is 4.31 Å². The van der Waals surface area contributed by atoms with Gasteiger partial charge in [0.1, 0.15) is 4.90 Å². The highest BCUT2D eigenvalue weighted by Crippen LogP contribution is 2.29. The van der Waals surface area contributed by atoms with Gasteiger partial charge in [-0.05, 0) is 34.5 Å². The first-order valence-electron chi connectivity index (χ1n) is 9.05. The zero-order valence-corrected chi connectivity index (χ0v) is 16.8. The number of hydrogen-bond acceptors (Lipinski definition) is 7. The summed E-state index contributed by atoms with van der Waals surface area (Å²) in [5.74, 6) is 0.159. The Hall–Kier alpha value is -3.05. The first-order valence-corrected chi connectivity index (χ1v) is 10.5. The summed E-state index contributed by atoms with van der Waals surface area (Å²) < 4.78 is 29.5. The Balaban J connectivity index is 1.61. The molecule has 1 fully saturated rings. The summed E-state index contributed by atoms with van der Waals surface area (Å²) in [6.07, 6.45) is 3.04. The first-order chi connectivity index (χ1) is 13.8. The van der Waals surface area contributed by atoms with Crippen LogP contribution in [-0.4, -0.2) is 58.4 Å². The molecule has 1 aromatic carbocycles. The van der Waals surface area contributed by atoms with Gasteiger partial charge in [0.2, 0.25) is 22.2 Å². The number of nitrogens with zero attached hydrogens (tertiary/aromatic N) is 6. The van der Waals surface area contributed by atoms with Gasteiger partial charge in [-0.1, -0.05) is 12.1 Å². The molecule has 11 heteroatoms. The number of aromatic nitrogens is 3. The van der Waals surface area contributed by atoms with Crippen LogP contribution < -0.4 is 4.90 Å². The molecule has 10 nitrogen and oxygen atoms in total. The monoisotopic (exact) mass is 416 g/mol. The minimum Gasteiger partial charge on any atom is -0.358 e. The number of pyridine rings is 1. The molecule has 0 unspecified atom stereocenters. The smallest absolute Gasteiger partial charge is 0.358 e. The van der Waals surface area contributed by atoms with Gasteiger partial charge in [0.15, 0.2) is 0 Å². The van der Waals surface area contributed by atoms with E-state index in [2.05, 4.69) is 9.97 Å². The van der Waals surface area contributed by atoms with Crippen molar-refractivity contribution in [3.8, 4) is 0 Å². The van der Waals surface area contributed by atoms with Crippen LogP contribution in [0.1, 0.15) is 5.56 Å². The van der Waals surface area contributed by atoms with Crippen molar-refractivity contribution in [2.24, 2.45) is 7.05 Å². The van der Waals surface area contributed by atoms with Crippen molar-refractivity contribution in [3.63, 3.8) is 0 Å². The quantitative estimate of drug-likeness (QED) is 0.470. The van der Waals surface area contributed by atoms with Crippen LogP contribution >= 0.6 is 0 Å². The lowest BCUT2D eigenvalue weighted by molar-refractivity contribution is -0.388. The number of imidazole rings is 1. The molecule has 0 radical (unpaired) electrons. The van der Waals surface area contributed by atoms with Crippen molar-refractivity contribution in [3.05, 3.63) is 52.5 Å². The number of piperazine rings is 1. The second-order valence-corrected chi connectivity index (χ2v) is 8.90. The van der Waals surface area contributed by atoms with Crippen molar-refractivity contribution in [1.29, 1.82) is 0 Å². The van der Waals surface area contributed by atoms with Gasteiger partial charge in [0, 0.05) is 44.8 Å². The topological polar surface area (TPSA) is 114 Å². The molecule has 0 N–H and O–H groups in total. The first kappa shape index (κ1) is 19.3. The Labute approximate surface area is 167 Å². The Kier molecular flexibility index (Phi) is 4.71. The lowest BCUT2D eigenvalue weighted by atomic mass is 10.2. The molecular formula is C18H20N6O4S. The van der Waals surface area contributed by atoms with E-state index in [4.69, 9.17) is 0 Å². The fourth-order valence-electron chi connectivity index (χ4n) is 3.64. The zero-order valence-electron chi connectivity index (χ0n) is 16.0. The number of para-hydroxylation sites is 1. The van der Waals surface area contributed by atoms with E-state index < -0.39 is 14.9 Å². The third-order valence-corrected chi connectivity index (χ3v) is 6.96. The second-order valence-electron chi connectivity index (χ2n) is 6.99. The maximum Gasteiger partial charge on any atom is 0.406 e. The van der Waals surface area contributed by atoms with E-state index in [-0.39, 0.29) is 23.8 Å². The van der Waals surface area contributed by atoms with Crippen LogP contribution in [0.5, 0.6) is 0 Å². The molecule has 152 valence electrons. The van der Waals surface area contributed by atoms with E-state index in [1.807, 2.05) is 19.1 Å². The number of anilines is 1. The fourth-order valence-corrected chi connectivity index (χ4v) is 5.22. The maximum atomic E-state index is 13.3. The molecule has 4 rings (SSSR count). The minimum atomic E-state index is -3.74. The van der Waals surface area contributed by atoms with Crippen molar-refractivity contribution in [1.82, 2.24) is 18.8 Å². The molecule has 0 bridgehead atoms. The van der Waals surface area contributed by atoms with Gasteiger partial charge in [0.25, 0.3) is 0 Å². The number of nitro groups is 1. The standard InChI is InChI=1S/C18H20N6O4S/c1-13-10-14-4-3-5-15(16(14)19-11-13)29(27,28)23-8-6-22(7-9-23)18-17(24(25)26)20-12-21(18)2/h3-5,10-12H,6-9H2,1-2H3. The van der Waals surface area contributed by atoms with E-state index >= 15 is 0 Å². The van der Waals surface area contributed by atoms with Crippen LogP contribution in [0.15, 0.2) is 41.7 Å². The highest BCUT2D eigenvalue weighted by Gasteiger charge is 2.33. The van der Waals surface area contributed by atoms with Gasteiger partial charge < -0.3 is 15.0 Å². The largest absolute Gasteiger partial charge is 0.406 e. The molecule has 1 aliphatic rings. The molecule has 0 atom stereocenters. The number of hydrogen-bond donors (Lipinski definition) is 0. The average molecular weight is 416 g/mol. The fraction of sp³-hybridized carbons (Fsp3) is 0.333. The molecule has 3 aromatic rings. The molecule has 0 spiro atoms. The Morgan fingerprint density at radius 3 is 2.55 bits per heavy atom. The second kappa shape index (κ2) is 7.08. The zero-order chi connectivity index (χ0) is 20.8. The molecule has 2 aromatic heterocycles. The third kappa shape index (κ3) is 3.32. The van der Waals surface area contributed by atoms with Crippen LogP contribution in [-0.2, 0) is 17.1 Å². The van der Waals surface area contributed by atoms with Gasteiger partial charge in [-0.15, -0.1) is 0 Å². The number of rotatable bonds is 4. The summed E-state index contributed by atoms with van der Waals surface area (Å²) in [6, 6.07) is 7.03. The van der Waals surface area contributed by atoms with Crippen LogP contribution in [0.3, 0.4) is 0 Å². The third-order valence-electron chi connectivity index (χ3n) is 5.03. The van der Waals surface area contributed by atoms with Crippen LogP contribution in [0, 0.1) is 17.0 Å². The molecule has 0 aliphatic carbocycles. The van der Waals surface area contributed by atoms with Crippen LogP contribution in [0.2, 0.25) is 0 Å². The molecule has 1 aliphatic heterocycles. The highest BCUT2D eigenvalue weighted by atomic mass is 32.2. The van der Waals surface area contributed by atoms with E-state index in [1.54, 1.807) is 34.8 Å². The van der Waals surface area contributed by atoms with Gasteiger partial charge in [-0.3, -0.25) is 9.55 Å². The Morgan fingerprint density at radius 1 is 1.14 bits per heavy atom. The molecule has 29 heavy (non-hydrogen) atoms. The average Bonchev–Trinajstić information content (AvgIpc) is 3.09. The Bertz CT molecular complexity index is 1200. The summed E-state index contributed by atoms with van der Waals surface area (Å²) >= 11 is 0. The predicted molar refractivity (Wildman–Crippen MR) is 107 cm³/mol. The van der Waals surface area contributed by atoms with E-state index in [1.165, 1.54) is 10.6 Å². The summed E-state index contributed by atoms with van der Waals surface area (Å²) in [7, 11) is -2.06. The van der Waals surface area contributed by atoms with Crippen molar-refractivity contribution < 1.29 is 13.3 Å². The summed E-state index contributed by atoms with van der Waals surface area (Å²) in [5.41, 5.74) is 1.40. The van der Waals surface area contributed by atoms with E-state index in [0.29, 0.717) is 24.4 Å². The van der Waals surface area contributed by atoms with Crippen molar-refractivity contribution >= 4 is 32.6 Å². The minimum absolute atomic E-state index is 0.176. The van der Waals surface area contributed by atoms with Crippen LogP contribution in [0.25, 0.3) is 10.9 Å². The highest BCUT2D eigenvalue weighted by molar-refractivity contribution is 7.89. The summed E-state index contributed by atoms with van der Waals surface area (Å²) in [5, 5.41) is 12.0. The van der Waals surface area contributed by atoms with E-state index in [9.17, 15) is 18.5 Å².